The van der Waals surface area contributed by atoms with Gasteiger partial charge in [0.25, 0.3) is 0 Å². The van der Waals surface area contributed by atoms with Crippen LogP contribution in [0, 0.1) is 6.92 Å². The first-order chi connectivity index (χ1) is 11.7. The van der Waals surface area contributed by atoms with Crippen molar-refractivity contribution in [2.24, 2.45) is 0 Å². The molecule has 1 aliphatic heterocycles. The molecule has 8 heteroatoms. The van der Waals surface area contributed by atoms with Gasteiger partial charge in [-0.2, -0.15) is 13.2 Å². The Morgan fingerprint density at radius 2 is 1.84 bits per heavy atom. The Labute approximate surface area is 153 Å². The number of thiophene rings is 1. The van der Waals surface area contributed by atoms with Crippen LogP contribution >= 0.6 is 22.9 Å². The van der Waals surface area contributed by atoms with Gasteiger partial charge >= 0.3 is 6.18 Å². The Kier molecular flexibility index (Phi) is 5.18. The summed E-state index contributed by atoms with van der Waals surface area (Å²) in [5, 5.41) is 0.549. The van der Waals surface area contributed by atoms with E-state index < -0.39 is 11.7 Å². The molecule has 0 saturated carbocycles. The summed E-state index contributed by atoms with van der Waals surface area (Å²) < 4.78 is 39.1. The highest BCUT2D eigenvalue weighted by Crippen LogP contribution is 2.37. The van der Waals surface area contributed by atoms with Gasteiger partial charge in [-0.25, -0.2) is 0 Å². The van der Waals surface area contributed by atoms with Gasteiger partial charge in [-0.15, -0.1) is 11.3 Å². The molecule has 0 aliphatic carbocycles. The number of aryl methyl sites for hydroxylation is 1. The Hall–Kier alpha value is -1.44. The second-order valence-corrected chi connectivity index (χ2v) is 7.85. The van der Waals surface area contributed by atoms with Crippen LogP contribution < -0.4 is 10.6 Å². The first-order valence-corrected chi connectivity index (χ1v) is 9.12. The van der Waals surface area contributed by atoms with Crippen molar-refractivity contribution in [2.45, 2.75) is 19.6 Å². The predicted octanol–water partition coefficient (Wildman–Crippen LogP) is 4.63. The van der Waals surface area contributed by atoms with E-state index in [-0.39, 0.29) is 5.02 Å². The number of alkyl halides is 3. The molecule has 0 radical (unpaired) electrons. The zero-order valence-electron chi connectivity index (χ0n) is 13.7. The largest absolute Gasteiger partial charge is 0.417 e. The summed E-state index contributed by atoms with van der Waals surface area (Å²) in [6.45, 7) is 5.81. The maximum atomic E-state index is 13.0. The van der Waals surface area contributed by atoms with Crippen molar-refractivity contribution in [1.82, 2.24) is 4.90 Å². The van der Waals surface area contributed by atoms with Crippen molar-refractivity contribution in [3.63, 3.8) is 0 Å². The molecule has 25 heavy (non-hydrogen) atoms. The van der Waals surface area contributed by atoms with Crippen LogP contribution in [0.25, 0.3) is 0 Å². The molecule has 0 atom stereocenters. The van der Waals surface area contributed by atoms with E-state index in [1.54, 1.807) is 17.4 Å². The van der Waals surface area contributed by atoms with Crippen LogP contribution in [0.15, 0.2) is 24.3 Å². The van der Waals surface area contributed by atoms with E-state index in [9.17, 15) is 13.2 Å². The van der Waals surface area contributed by atoms with Crippen LogP contribution in [0.2, 0.25) is 5.02 Å². The van der Waals surface area contributed by atoms with Gasteiger partial charge in [0, 0.05) is 43.3 Å². The van der Waals surface area contributed by atoms with E-state index in [0.717, 1.165) is 30.7 Å². The molecule has 2 N–H and O–H groups in total. The lowest BCUT2D eigenvalue weighted by Gasteiger charge is -2.36. The number of rotatable bonds is 3. The van der Waals surface area contributed by atoms with Crippen molar-refractivity contribution < 1.29 is 13.2 Å². The quantitative estimate of drug-likeness (QED) is 0.830. The topological polar surface area (TPSA) is 32.5 Å². The fraction of sp³-hybridized carbons (Fsp3) is 0.412. The van der Waals surface area contributed by atoms with Crippen molar-refractivity contribution in [2.75, 3.05) is 36.8 Å². The number of anilines is 2. The molecule has 136 valence electrons. The molecule has 0 amide bonds. The number of halogens is 4. The molecule has 1 aromatic heterocycles. The van der Waals surface area contributed by atoms with Crippen LogP contribution in [0.5, 0.6) is 0 Å². The fourth-order valence-corrected chi connectivity index (χ4v) is 4.07. The number of piperazine rings is 1. The Bertz CT molecular complexity index is 752. The van der Waals surface area contributed by atoms with E-state index in [0.29, 0.717) is 18.8 Å². The summed E-state index contributed by atoms with van der Waals surface area (Å²) in [7, 11) is 0. The molecular formula is C17H19ClF3N3S. The minimum atomic E-state index is -4.44. The summed E-state index contributed by atoms with van der Waals surface area (Å²) in [6.07, 6.45) is -4.44. The van der Waals surface area contributed by atoms with Crippen molar-refractivity contribution in [3.8, 4) is 0 Å². The fourth-order valence-electron chi connectivity index (χ4n) is 3.03. The number of nitrogens with zero attached hydrogens (tertiary/aromatic N) is 2. The molecule has 1 fully saturated rings. The van der Waals surface area contributed by atoms with E-state index in [4.69, 9.17) is 17.3 Å². The molecule has 1 saturated heterocycles. The van der Waals surface area contributed by atoms with Gasteiger partial charge in [-0.3, -0.25) is 4.90 Å². The van der Waals surface area contributed by atoms with Crippen LogP contribution in [-0.4, -0.2) is 31.1 Å². The minimum absolute atomic E-state index is 0.264. The predicted molar refractivity (Wildman–Crippen MR) is 97.4 cm³/mol. The Balaban J connectivity index is 1.65. The summed E-state index contributed by atoms with van der Waals surface area (Å²) in [4.78, 5) is 5.48. The Morgan fingerprint density at radius 3 is 2.40 bits per heavy atom. The SMILES string of the molecule is Cc1sc(N)cc1CN1CCN(c2ccc(Cl)c(C(F)(F)F)c2)CC1. The molecule has 2 aromatic rings. The number of nitrogen functional groups attached to an aromatic ring is 1. The first-order valence-electron chi connectivity index (χ1n) is 7.93. The van der Waals surface area contributed by atoms with E-state index in [1.807, 2.05) is 11.0 Å². The first kappa shape index (κ1) is 18.4. The molecule has 1 aliphatic rings. The van der Waals surface area contributed by atoms with E-state index in [2.05, 4.69) is 11.8 Å². The molecule has 2 heterocycles. The maximum Gasteiger partial charge on any atom is 0.417 e. The third-order valence-corrected chi connectivity index (χ3v) is 5.68. The van der Waals surface area contributed by atoms with Crippen LogP contribution in [0.1, 0.15) is 16.0 Å². The summed E-state index contributed by atoms with van der Waals surface area (Å²) >= 11 is 7.28. The summed E-state index contributed by atoms with van der Waals surface area (Å²) in [5.41, 5.74) is 6.84. The lowest BCUT2D eigenvalue weighted by Crippen LogP contribution is -2.46. The molecule has 1 aromatic carbocycles. The second kappa shape index (κ2) is 7.05. The highest BCUT2D eigenvalue weighted by molar-refractivity contribution is 7.16. The Morgan fingerprint density at radius 1 is 1.16 bits per heavy atom. The lowest BCUT2D eigenvalue weighted by atomic mass is 10.1. The number of benzene rings is 1. The van der Waals surface area contributed by atoms with Crippen LogP contribution in [0.3, 0.4) is 0 Å². The van der Waals surface area contributed by atoms with Crippen molar-refractivity contribution in [3.05, 3.63) is 45.3 Å². The number of hydrogen-bond acceptors (Lipinski definition) is 4. The van der Waals surface area contributed by atoms with Gasteiger partial charge in [0.05, 0.1) is 15.6 Å². The molecule has 3 rings (SSSR count). The second-order valence-electron chi connectivity index (χ2n) is 6.16. The number of nitrogens with two attached hydrogens (primary N) is 1. The highest BCUT2D eigenvalue weighted by atomic mass is 35.5. The van der Waals surface area contributed by atoms with Gasteiger partial charge in [0.2, 0.25) is 0 Å². The maximum absolute atomic E-state index is 13.0. The lowest BCUT2D eigenvalue weighted by molar-refractivity contribution is -0.137. The minimum Gasteiger partial charge on any atom is -0.391 e. The zero-order valence-corrected chi connectivity index (χ0v) is 15.3. The van der Waals surface area contributed by atoms with Gasteiger partial charge in [-0.05, 0) is 36.8 Å². The molecule has 3 nitrogen and oxygen atoms in total. The number of hydrogen-bond donors (Lipinski definition) is 1. The van der Waals surface area contributed by atoms with Gasteiger partial charge in [0.1, 0.15) is 0 Å². The molecule has 0 bridgehead atoms. The van der Waals surface area contributed by atoms with E-state index >= 15 is 0 Å². The molecular weight excluding hydrogens is 371 g/mol. The monoisotopic (exact) mass is 389 g/mol. The smallest absolute Gasteiger partial charge is 0.391 e. The third kappa shape index (κ3) is 4.22. The van der Waals surface area contributed by atoms with Gasteiger partial charge < -0.3 is 10.6 Å². The summed E-state index contributed by atoms with van der Waals surface area (Å²) in [6, 6.07) is 6.11. The molecule has 0 unspecified atom stereocenters. The average molecular weight is 390 g/mol. The summed E-state index contributed by atoms with van der Waals surface area (Å²) in [5.74, 6) is 0. The average Bonchev–Trinajstić information content (AvgIpc) is 2.85. The third-order valence-electron chi connectivity index (χ3n) is 4.43. The molecule has 0 spiro atoms. The van der Waals surface area contributed by atoms with Crippen LogP contribution in [0.4, 0.5) is 23.9 Å². The van der Waals surface area contributed by atoms with Crippen LogP contribution in [-0.2, 0) is 12.7 Å². The standard InChI is InChI=1S/C17H19ClF3N3S/c1-11-12(8-16(22)25-11)10-23-4-6-24(7-5-23)13-2-3-15(18)14(9-13)17(19,20)21/h2-3,8-9H,4-7,10,22H2,1H3. The highest BCUT2D eigenvalue weighted by Gasteiger charge is 2.34. The normalized spacial score (nSPS) is 16.4. The van der Waals surface area contributed by atoms with Crippen molar-refractivity contribution >= 4 is 33.6 Å². The van der Waals surface area contributed by atoms with Gasteiger partial charge in [-0.1, -0.05) is 11.6 Å². The zero-order chi connectivity index (χ0) is 18.2. The van der Waals surface area contributed by atoms with Crippen molar-refractivity contribution in [1.29, 1.82) is 0 Å². The van der Waals surface area contributed by atoms with Gasteiger partial charge in [0.15, 0.2) is 0 Å². The van der Waals surface area contributed by atoms with E-state index in [1.165, 1.54) is 16.5 Å².